The highest BCUT2D eigenvalue weighted by molar-refractivity contribution is 5.82. The average Bonchev–Trinajstić information content (AvgIpc) is 2.75. The van der Waals surface area contributed by atoms with Gasteiger partial charge in [-0.05, 0) is 31.0 Å². The molecule has 8 heteroatoms. The second-order valence-corrected chi connectivity index (χ2v) is 6.51. The fourth-order valence-electron chi connectivity index (χ4n) is 3.10. The second kappa shape index (κ2) is 9.18. The molecule has 152 valence electrons. The van der Waals surface area contributed by atoms with E-state index in [0.29, 0.717) is 47.6 Å². The topological polar surface area (TPSA) is 97.4 Å². The number of methoxy groups -OCH3 is 2. The fraction of sp³-hybridized carbons (Fsp3) is 0.333. The normalized spacial score (nSPS) is 10.7. The standard InChI is InChI=1S/C21H24N4O4/c1-4-25(20(26)8-7-14-6-5-9-22-12-14)13-19-23-16-11-18(29-3)17(28-2)10-15(16)21(27)24-19/h5-6,9-12H,4,7-8,13H2,1-3H3,(H,23,24,27). The van der Waals surface area contributed by atoms with Crippen molar-refractivity contribution in [3.8, 4) is 11.5 Å². The quantitative estimate of drug-likeness (QED) is 0.628. The van der Waals surface area contributed by atoms with Crippen molar-refractivity contribution in [3.63, 3.8) is 0 Å². The summed E-state index contributed by atoms with van der Waals surface area (Å²) in [6.07, 6.45) is 4.44. The summed E-state index contributed by atoms with van der Waals surface area (Å²) in [5.41, 5.74) is 1.21. The van der Waals surface area contributed by atoms with Crippen LogP contribution in [0.2, 0.25) is 0 Å². The van der Waals surface area contributed by atoms with Crippen molar-refractivity contribution in [2.75, 3.05) is 20.8 Å². The predicted molar refractivity (Wildman–Crippen MR) is 109 cm³/mol. The Morgan fingerprint density at radius 1 is 1.21 bits per heavy atom. The summed E-state index contributed by atoms with van der Waals surface area (Å²) in [6.45, 7) is 2.64. The molecule has 0 atom stereocenters. The Labute approximate surface area is 168 Å². The number of amides is 1. The molecule has 0 spiro atoms. The van der Waals surface area contributed by atoms with E-state index >= 15 is 0 Å². The number of hydrogen-bond donors (Lipinski definition) is 1. The number of fused-ring (bicyclic) bond motifs is 1. The molecule has 0 saturated heterocycles. The summed E-state index contributed by atoms with van der Waals surface area (Å²) < 4.78 is 10.5. The van der Waals surface area contributed by atoms with E-state index in [1.165, 1.54) is 14.2 Å². The molecule has 1 amide bonds. The number of aryl methyl sites for hydroxylation is 1. The first kappa shape index (κ1) is 20.3. The van der Waals surface area contributed by atoms with Gasteiger partial charge in [0.15, 0.2) is 11.5 Å². The van der Waals surface area contributed by atoms with E-state index in [2.05, 4.69) is 15.0 Å². The summed E-state index contributed by atoms with van der Waals surface area (Å²) in [4.78, 5) is 38.2. The molecule has 8 nitrogen and oxygen atoms in total. The van der Waals surface area contributed by atoms with Crippen molar-refractivity contribution in [2.24, 2.45) is 0 Å². The van der Waals surface area contributed by atoms with Gasteiger partial charge in [-0.1, -0.05) is 6.07 Å². The number of pyridine rings is 1. The average molecular weight is 396 g/mol. The Bertz CT molecular complexity index is 1050. The van der Waals surface area contributed by atoms with Crippen LogP contribution in [0.1, 0.15) is 24.7 Å². The number of carbonyl (C=O) groups is 1. The van der Waals surface area contributed by atoms with Crippen LogP contribution in [-0.4, -0.2) is 46.5 Å². The van der Waals surface area contributed by atoms with E-state index in [9.17, 15) is 9.59 Å². The molecular formula is C21H24N4O4. The van der Waals surface area contributed by atoms with Gasteiger partial charge in [-0.2, -0.15) is 0 Å². The van der Waals surface area contributed by atoms with E-state index in [-0.39, 0.29) is 18.0 Å². The third kappa shape index (κ3) is 4.71. The molecule has 2 aromatic heterocycles. The summed E-state index contributed by atoms with van der Waals surface area (Å²) >= 11 is 0. The smallest absolute Gasteiger partial charge is 0.258 e. The molecule has 0 fully saturated rings. The Balaban J connectivity index is 1.79. The lowest BCUT2D eigenvalue weighted by molar-refractivity contribution is -0.131. The van der Waals surface area contributed by atoms with Gasteiger partial charge in [-0.3, -0.25) is 14.6 Å². The molecule has 0 aliphatic carbocycles. The molecule has 0 aliphatic rings. The third-order valence-corrected chi connectivity index (χ3v) is 4.69. The molecule has 0 aliphatic heterocycles. The molecule has 2 heterocycles. The molecule has 0 unspecified atom stereocenters. The number of nitrogens with zero attached hydrogens (tertiary/aromatic N) is 3. The Kier molecular flexibility index (Phi) is 6.43. The van der Waals surface area contributed by atoms with Gasteiger partial charge < -0.3 is 19.4 Å². The van der Waals surface area contributed by atoms with Gasteiger partial charge in [0.25, 0.3) is 5.56 Å². The molecule has 3 rings (SSSR count). The highest BCUT2D eigenvalue weighted by Gasteiger charge is 2.16. The lowest BCUT2D eigenvalue weighted by Gasteiger charge is -2.20. The van der Waals surface area contributed by atoms with Crippen molar-refractivity contribution in [1.29, 1.82) is 0 Å². The van der Waals surface area contributed by atoms with Crippen LogP contribution in [0.5, 0.6) is 11.5 Å². The lowest BCUT2D eigenvalue weighted by atomic mass is 10.1. The highest BCUT2D eigenvalue weighted by Crippen LogP contribution is 2.29. The maximum Gasteiger partial charge on any atom is 0.258 e. The summed E-state index contributed by atoms with van der Waals surface area (Å²) in [5, 5.41) is 0.400. The minimum atomic E-state index is -0.287. The number of rotatable bonds is 8. The number of nitrogens with one attached hydrogen (secondary N) is 1. The zero-order valence-corrected chi connectivity index (χ0v) is 16.8. The van der Waals surface area contributed by atoms with Gasteiger partial charge in [-0.25, -0.2) is 4.98 Å². The monoisotopic (exact) mass is 396 g/mol. The van der Waals surface area contributed by atoms with Crippen LogP contribution >= 0.6 is 0 Å². The summed E-state index contributed by atoms with van der Waals surface area (Å²) in [6, 6.07) is 7.05. The first-order valence-corrected chi connectivity index (χ1v) is 9.37. The highest BCUT2D eigenvalue weighted by atomic mass is 16.5. The number of carbonyl (C=O) groups excluding carboxylic acids is 1. The Morgan fingerprint density at radius 2 is 1.97 bits per heavy atom. The molecule has 0 bridgehead atoms. The SMILES string of the molecule is CCN(Cc1nc2cc(OC)c(OC)cc2c(=O)[nH]1)C(=O)CCc1cccnc1. The van der Waals surface area contributed by atoms with Crippen molar-refractivity contribution < 1.29 is 14.3 Å². The first-order chi connectivity index (χ1) is 14.0. The molecule has 3 aromatic rings. The second-order valence-electron chi connectivity index (χ2n) is 6.51. The zero-order chi connectivity index (χ0) is 20.8. The lowest BCUT2D eigenvalue weighted by Crippen LogP contribution is -2.32. The summed E-state index contributed by atoms with van der Waals surface area (Å²) in [7, 11) is 3.04. The molecule has 29 heavy (non-hydrogen) atoms. The van der Waals surface area contributed by atoms with Crippen LogP contribution in [0.25, 0.3) is 10.9 Å². The number of ether oxygens (including phenoxy) is 2. The number of H-pyrrole nitrogens is 1. The Hall–Kier alpha value is -3.42. The van der Waals surface area contributed by atoms with E-state index in [1.807, 2.05) is 19.1 Å². The molecule has 1 N–H and O–H groups in total. The number of aromatic amines is 1. The summed E-state index contributed by atoms with van der Waals surface area (Å²) in [5.74, 6) is 1.36. The van der Waals surface area contributed by atoms with Crippen LogP contribution in [0.15, 0.2) is 41.5 Å². The fourth-order valence-corrected chi connectivity index (χ4v) is 3.10. The van der Waals surface area contributed by atoms with Gasteiger partial charge >= 0.3 is 0 Å². The van der Waals surface area contributed by atoms with E-state index < -0.39 is 0 Å². The predicted octanol–water partition coefficient (Wildman–Crippen LogP) is 2.32. The zero-order valence-electron chi connectivity index (χ0n) is 16.8. The maximum absolute atomic E-state index is 12.6. The Morgan fingerprint density at radius 3 is 2.62 bits per heavy atom. The third-order valence-electron chi connectivity index (χ3n) is 4.69. The van der Waals surface area contributed by atoms with Crippen molar-refractivity contribution in [2.45, 2.75) is 26.3 Å². The van der Waals surface area contributed by atoms with E-state index in [0.717, 1.165) is 5.56 Å². The van der Waals surface area contributed by atoms with Crippen molar-refractivity contribution in [3.05, 3.63) is 58.4 Å². The van der Waals surface area contributed by atoms with E-state index in [1.54, 1.807) is 29.4 Å². The minimum absolute atomic E-state index is 0.00795. The number of hydrogen-bond acceptors (Lipinski definition) is 6. The van der Waals surface area contributed by atoms with Gasteiger partial charge in [0, 0.05) is 31.4 Å². The number of aromatic nitrogens is 3. The largest absolute Gasteiger partial charge is 0.493 e. The molecular weight excluding hydrogens is 372 g/mol. The van der Waals surface area contributed by atoms with Gasteiger partial charge in [-0.15, -0.1) is 0 Å². The van der Waals surface area contributed by atoms with Gasteiger partial charge in [0.05, 0.1) is 31.7 Å². The van der Waals surface area contributed by atoms with Crippen molar-refractivity contribution in [1.82, 2.24) is 19.9 Å². The van der Waals surface area contributed by atoms with Crippen molar-refractivity contribution >= 4 is 16.8 Å². The molecule has 0 saturated carbocycles. The van der Waals surface area contributed by atoms with Crippen LogP contribution in [0, 0.1) is 0 Å². The van der Waals surface area contributed by atoms with Crippen LogP contribution in [-0.2, 0) is 17.8 Å². The molecule has 1 aromatic carbocycles. The molecule has 0 radical (unpaired) electrons. The van der Waals surface area contributed by atoms with Crippen LogP contribution in [0.4, 0.5) is 0 Å². The first-order valence-electron chi connectivity index (χ1n) is 9.37. The van der Waals surface area contributed by atoms with Gasteiger partial charge in [0.2, 0.25) is 5.91 Å². The van der Waals surface area contributed by atoms with E-state index in [4.69, 9.17) is 9.47 Å². The van der Waals surface area contributed by atoms with Crippen LogP contribution < -0.4 is 15.0 Å². The minimum Gasteiger partial charge on any atom is -0.493 e. The number of benzene rings is 1. The van der Waals surface area contributed by atoms with Crippen LogP contribution in [0.3, 0.4) is 0 Å². The maximum atomic E-state index is 12.6. The van der Waals surface area contributed by atoms with Gasteiger partial charge in [0.1, 0.15) is 5.82 Å².